The molecule has 0 aromatic heterocycles. The molecule has 1 aliphatic rings. The van der Waals surface area contributed by atoms with E-state index in [9.17, 15) is 5.26 Å². The number of nitrogens with zero attached hydrogens (tertiary/aromatic N) is 2. The predicted molar refractivity (Wildman–Crippen MR) is 79.1 cm³/mol. The molecule has 3 heteroatoms. The Kier molecular flexibility index (Phi) is 4.81. The van der Waals surface area contributed by atoms with Crippen LogP contribution in [0.5, 0.6) is 0 Å². The van der Waals surface area contributed by atoms with E-state index < -0.39 is 0 Å². The lowest BCUT2D eigenvalue weighted by molar-refractivity contribution is 0.547. The third-order valence-electron chi connectivity index (χ3n) is 3.98. The molecule has 1 aromatic carbocycles. The molecule has 1 aliphatic carbocycles. The Morgan fingerprint density at radius 2 is 2.11 bits per heavy atom. The van der Waals surface area contributed by atoms with Gasteiger partial charge in [0.25, 0.3) is 0 Å². The van der Waals surface area contributed by atoms with Crippen LogP contribution in [0.3, 0.4) is 0 Å². The van der Waals surface area contributed by atoms with E-state index in [1.165, 1.54) is 25.7 Å². The molecule has 0 aliphatic heterocycles. The summed E-state index contributed by atoms with van der Waals surface area (Å²) in [6.45, 7) is 1.88. The van der Waals surface area contributed by atoms with Crippen LogP contribution >= 0.6 is 0 Å². The van der Waals surface area contributed by atoms with E-state index >= 15 is 0 Å². The molecule has 0 saturated heterocycles. The maximum absolute atomic E-state index is 9.32. The molecule has 1 fully saturated rings. The Morgan fingerprint density at radius 3 is 2.74 bits per heavy atom. The van der Waals surface area contributed by atoms with Gasteiger partial charge in [0, 0.05) is 20.1 Å². The molecular weight excluding hydrogens is 234 g/mol. The van der Waals surface area contributed by atoms with Gasteiger partial charge < -0.3 is 10.2 Å². The van der Waals surface area contributed by atoms with E-state index in [4.69, 9.17) is 0 Å². The smallest absolute Gasteiger partial charge is 0.101 e. The van der Waals surface area contributed by atoms with Gasteiger partial charge in [-0.3, -0.25) is 0 Å². The maximum Gasteiger partial charge on any atom is 0.101 e. The van der Waals surface area contributed by atoms with Crippen molar-refractivity contribution in [3.05, 3.63) is 29.3 Å². The average Bonchev–Trinajstić information content (AvgIpc) is 2.91. The molecule has 0 amide bonds. The third kappa shape index (κ3) is 3.48. The van der Waals surface area contributed by atoms with Crippen molar-refractivity contribution in [1.82, 2.24) is 5.32 Å². The van der Waals surface area contributed by atoms with E-state index in [0.717, 1.165) is 35.8 Å². The summed E-state index contributed by atoms with van der Waals surface area (Å²) in [6.07, 6.45) is 5.41. The monoisotopic (exact) mass is 257 g/mol. The number of hydrogen-bond donors (Lipinski definition) is 1. The van der Waals surface area contributed by atoms with Crippen LogP contribution in [0.1, 0.15) is 36.8 Å². The zero-order chi connectivity index (χ0) is 13.7. The molecule has 2 rings (SSSR count). The molecule has 1 aromatic rings. The summed E-state index contributed by atoms with van der Waals surface area (Å²) >= 11 is 0. The Labute approximate surface area is 116 Å². The Balaban J connectivity index is 2.11. The zero-order valence-electron chi connectivity index (χ0n) is 11.9. The summed E-state index contributed by atoms with van der Waals surface area (Å²) in [4.78, 5) is 2.25. The highest BCUT2D eigenvalue weighted by molar-refractivity contribution is 5.60. The van der Waals surface area contributed by atoms with Crippen molar-refractivity contribution < 1.29 is 0 Å². The largest absolute Gasteiger partial charge is 0.373 e. The summed E-state index contributed by atoms with van der Waals surface area (Å²) in [7, 11) is 4.03. The number of nitriles is 1. The molecule has 0 radical (unpaired) electrons. The summed E-state index contributed by atoms with van der Waals surface area (Å²) in [5, 5.41) is 12.4. The predicted octanol–water partition coefficient (Wildman–Crippen LogP) is 2.90. The fourth-order valence-corrected chi connectivity index (χ4v) is 3.00. The first-order valence-electron chi connectivity index (χ1n) is 7.13. The Morgan fingerprint density at radius 1 is 1.37 bits per heavy atom. The summed E-state index contributed by atoms with van der Waals surface area (Å²) in [5.41, 5.74) is 3.01. The molecule has 3 nitrogen and oxygen atoms in total. The molecule has 0 heterocycles. The Bertz CT molecular complexity index is 456. The van der Waals surface area contributed by atoms with Gasteiger partial charge in [0.05, 0.1) is 11.3 Å². The minimum Gasteiger partial charge on any atom is -0.373 e. The van der Waals surface area contributed by atoms with Crippen molar-refractivity contribution in [3.63, 3.8) is 0 Å². The van der Waals surface area contributed by atoms with Gasteiger partial charge in [0.2, 0.25) is 0 Å². The summed E-state index contributed by atoms with van der Waals surface area (Å²) < 4.78 is 0. The van der Waals surface area contributed by atoms with Crippen LogP contribution in [-0.4, -0.2) is 20.6 Å². The van der Waals surface area contributed by atoms with E-state index in [1.54, 1.807) is 0 Å². The maximum atomic E-state index is 9.32. The Hall–Kier alpha value is -1.53. The second-order valence-electron chi connectivity index (χ2n) is 5.52. The molecule has 1 N–H and O–H groups in total. The van der Waals surface area contributed by atoms with Crippen LogP contribution < -0.4 is 10.2 Å². The highest BCUT2D eigenvalue weighted by Crippen LogP contribution is 2.28. The quantitative estimate of drug-likeness (QED) is 0.881. The fraction of sp³-hybridized carbons (Fsp3) is 0.562. The van der Waals surface area contributed by atoms with Crippen molar-refractivity contribution in [1.29, 1.82) is 5.26 Å². The number of nitrogens with one attached hydrogen (secondary N) is 1. The molecule has 19 heavy (non-hydrogen) atoms. The van der Waals surface area contributed by atoms with Gasteiger partial charge in [-0.15, -0.1) is 0 Å². The van der Waals surface area contributed by atoms with Crippen LogP contribution in [0, 0.1) is 17.2 Å². The van der Waals surface area contributed by atoms with Crippen LogP contribution in [0.15, 0.2) is 18.2 Å². The molecule has 0 atom stereocenters. The van der Waals surface area contributed by atoms with Crippen LogP contribution in [0.25, 0.3) is 0 Å². The summed E-state index contributed by atoms with van der Waals surface area (Å²) in [5.74, 6) is 0.800. The lowest BCUT2D eigenvalue weighted by atomic mass is 10.1. The lowest BCUT2D eigenvalue weighted by Crippen LogP contribution is -2.24. The van der Waals surface area contributed by atoms with Crippen molar-refractivity contribution in [2.45, 2.75) is 32.2 Å². The number of anilines is 1. The molecule has 0 bridgehead atoms. The van der Waals surface area contributed by atoms with Gasteiger partial charge in [-0.2, -0.15) is 5.26 Å². The lowest BCUT2D eigenvalue weighted by Gasteiger charge is -2.24. The second-order valence-corrected chi connectivity index (χ2v) is 5.52. The van der Waals surface area contributed by atoms with Crippen molar-refractivity contribution in [3.8, 4) is 6.07 Å². The highest BCUT2D eigenvalue weighted by atomic mass is 15.1. The second kappa shape index (κ2) is 6.58. The minimum absolute atomic E-state index is 0.785. The van der Waals surface area contributed by atoms with Crippen molar-refractivity contribution >= 4 is 5.69 Å². The standard InChI is InChI=1S/C16H23N3/c1-18-11-14-7-8-16(15(9-14)10-17)19(2)12-13-5-3-4-6-13/h7-9,13,18H,3-6,11-12H2,1-2H3. The first-order chi connectivity index (χ1) is 9.24. The van der Waals surface area contributed by atoms with Crippen LogP contribution in [0.2, 0.25) is 0 Å². The van der Waals surface area contributed by atoms with Gasteiger partial charge in [-0.25, -0.2) is 0 Å². The molecule has 0 unspecified atom stereocenters. The van der Waals surface area contributed by atoms with E-state index in [1.807, 2.05) is 13.1 Å². The fourth-order valence-electron chi connectivity index (χ4n) is 3.00. The van der Waals surface area contributed by atoms with Crippen LogP contribution in [-0.2, 0) is 6.54 Å². The van der Waals surface area contributed by atoms with Gasteiger partial charge in [0.1, 0.15) is 6.07 Å². The minimum atomic E-state index is 0.785. The first kappa shape index (κ1) is 13.9. The summed E-state index contributed by atoms with van der Waals surface area (Å²) in [6, 6.07) is 8.52. The SMILES string of the molecule is CNCc1ccc(N(C)CC2CCCC2)c(C#N)c1. The van der Waals surface area contributed by atoms with Gasteiger partial charge in [-0.05, 0) is 43.5 Å². The molecule has 1 saturated carbocycles. The number of rotatable bonds is 5. The average molecular weight is 257 g/mol. The molecule has 0 spiro atoms. The topological polar surface area (TPSA) is 39.1 Å². The van der Waals surface area contributed by atoms with Gasteiger partial charge in [-0.1, -0.05) is 18.9 Å². The van der Waals surface area contributed by atoms with Crippen molar-refractivity contribution in [2.75, 3.05) is 25.5 Å². The molecular formula is C16H23N3. The van der Waals surface area contributed by atoms with Gasteiger partial charge >= 0.3 is 0 Å². The normalized spacial score (nSPS) is 15.4. The zero-order valence-corrected chi connectivity index (χ0v) is 11.9. The highest BCUT2D eigenvalue weighted by Gasteiger charge is 2.18. The third-order valence-corrected chi connectivity index (χ3v) is 3.98. The number of benzene rings is 1. The number of hydrogen-bond acceptors (Lipinski definition) is 3. The van der Waals surface area contributed by atoms with E-state index in [-0.39, 0.29) is 0 Å². The van der Waals surface area contributed by atoms with Gasteiger partial charge in [0.15, 0.2) is 0 Å². The molecule has 102 valence electrons. The van der Waals surface area contributed by atoms with Crippen molar-refractivity contribution in [2.24, 2.45) is 5.92 Å². The van der Waals surface area contributed by atoms with E-state index in [0.29, 0.717) is 0 Å². The first-order valence-corrected chi connectivity index (χ1v) is 7.13. The van der Waals surface area contributed by atoms with E-state index in [2.05, 4.69) is 35.5 Å². The van der Waals surface area contributed by atoms with Crippen LogP contribution in [0.4, 0.5) is 5.69 Å².